The molecule has 2 heterocycles. The molecule has 39 heavy (non-hydrogen) atoms. The summed E-state index contributed by atoms with van der Waals surface area (Å²) in [5.41, 5.74) is 7.01. The lowest BCUT2D eigenvalue weighted by Gasteiger charge is -2.34. The van der Waals surface area contributed by atoms with Crippen molar-refractivity contribution in [3.63, 3.8) is 0 Å². The van der Waals surface area contributed by atoms with Crippen LogP contribution in [0.4, 0.5) is 11.4 Å². The van der Waals surface area contributed by atoms with Gasteiger partial charge < -0.3 is 26.0 Å². The molecule has 0 aliphatic carbocycles. The number of ether oxygens (including phenoxy) is 1. The number of likely N-dealkylation sites (tertiary alicyclic amines) is 1. The van der Waals surface area contributed by atoms with Gasteiger partial charge in [0.1, 0.15) is 11.3 Å². The van der Waals surface area contributed by atoms with Crippen molar-refractivity contribution < 1.29 is 19.1 Å². The topological polar surface area (TPSA) is 114 Å². The lowest BCUT2D eigenvalue weighted by molar-refractivity contribution is -0.123. The number of primary amides is 1. The lowest BCUT2D eigenvalue weighted by Crippen LogP contribution is -2.45. The fourth-order valence-corrected chi connectivity index (χ4v) is 5.78. The SMILES string of the molecule is COc1cccc(C(=O)N2CCC(C(N)=O)CC2)c1NC1(Cc2cccc(Cl)c2)C(=O)Nc2cc(Cl)ccc21. The van der Waals surface area contributed by atoms with Crippen LogP contribution in [0.15, 0.2) is 60.7 Å². The number of fused-ring (bicyclic) bond motifs is 1. The zero-order valence-corrected chi connectivity index (χ0v) is 22.8. The Labute approximate surface area is 236 Å². The maximum atomic E-state index is 13.8. The van der Waals surface area contributed by atoms with E-state index in [0.29, 0.717) is 64.2 Å². The molecule has 4 N–H and O–H groups in total. The van der Waals surface area contributed by atoms with E-state index in [0.717, 1.165) is 5.56 Å². The van der Waals surface area contributed by atoms with E-state index in [1.165, 1.54) is 7.11 Å². The number of carbonyl (C=O) groups is 3. The highest BCUT2D eigenvalue weighted by Crippen LogP contribution is 2.45. The molecule has 3 aromatic rings. The lowest BCUT2D eigenvalue weighted by atomic mass is 9.84. The monoisotopic (exact) mass is 566 g/mol. The number of carbonyl (C=O) groups excluding carboxylic acids is 3. The Morgan fingerprint density at radius 3 is 2.49 bits per heavy atom. The van der Waals surface area contributed by atoms with Crippen LogP contribution in [0.3, 0.4) is 0 Å². The zero-order chi connectivity index (χ0) is 27.7. The minimum atomic E-state index is -1.30. The fraction of sp³-hybridized carbons (Fsp3) is 0.276. The molecule has 1 atom stereocenters. The average molecular weight is 567 g/mol. The second kappa shape index (κ2) is 10.8. The van der Waals surface area contributed by atoms with Crippen molar-refractivity contribution in [1.82, 2.24) is 4.90 Å². The predicted octanol–water partition coefficient (Wildman–Crippen LogP) is 4.84. The van der Waals surface area contributed by atoms with Gasteiger partial charge in [0.15, 0.2) is 0 Å². The number of amides is 3. The van der Waals surface area contributed by atoms with Gasteiger partial charge in [-0.15, -0.1) is 0 Å². The molecule has 2 aliphatic heterocycles. The normalized spacial score (nSPS) is 18.8. The summed E-state index contributed by atoms with van der Waals surface area (Å²) in [5, 5.41) is 7.42. The highest BCUT2D eigenvalue weighted by molar-refractivity contribution is 6.31. The molecule has 0 saturated carbocycles. The standard InChI is InChI=1S/C29H28Cl2N4O4/c1-39-24-7-3-6-21(27(37)35-12-10-18(11-13-35)26(32)36)25(24)34-29(16-17-4-2-5-19(30)14-17)22-9-8-20(31)15-23(22)33-28(29)38/h2-9,14-15,18,34H,10-13,16H2,1H3,(H2,32,36)(H,33,38). The number of anilines is 2. The van der Waals surface area contributed by atoms with Crippen molar-refractivity contribution in [1.29, 1.82) is 0 Å². The number of para-hydroxylation sites is 1. The van der Waals surface area contributed by atoms with Crippen LogP contribution in [-0.2, 0) is 21.5 Å². The van der Waals surface area contributed by atoms with E-state index in [1.54, 1.807) is 47.4 Å². The van der Waals surface area contributed by atoms with E-state index in [4.69, 9.17) is 33.7 Å². The molecule has 0 aromatic heterocycles. The van der Waals surface area contributed by atoms with Gasteiger partial charge in [0.25, 0.3) is 11.8 Å². The number of rotatable bonds is 7. The fourth-order valence-electron chi connectivity index (χ4n) is 5.40. The van der Waals surface area contributed by atoms with Crippen molar-refractivity contribution in [3.8, 4) is 5.75 Å². The Balaban J connectivity index is 1.58. The van der Waals surface area contributed by atoms with Gasteiger partial charge >= 0.3 is 0 Å². The van der Waals surface area contributed by atoms with Gasteiger partial charge in [-0.2, -0.15) is 0 Å². The maximum absolute atomic E-state index is 13.8. The Kier molecular flexibility index (Phi) is 7.42. The maximum Gasteiger partial charge on any atom is 0.256 e. The summed E-state index contributed by atoms with van der Waals surface area (Å²) in [6, 6.07) is 17.7. The number of hydrogen-bond acceptors (Lipinski definition) is 5. The van der Waals surface area contributed by atoms with Crippen molar-refractivity contribution in [2.45, 2.75) is 24.8 Å². The average Bonchev–Trinajstić information content (AvgIpc) is 3.17. The third-order valence-electron chi connectivity index (χ3n) is 7.44. The van der Waals surface area contributed by atoms with Crippen LogP contribution >= 0.6 is 23.2 Å². The smallest absolute Gasteiger partial charge is 0.256 e. The van der Waals surface area contributed by atoms with Crippen LogP contribution in [0.5, 0.6) is 5.75 Å². The van der Waals surface area contributed by atoms with E-state index in [9.17, 15) is 14.4 Å². The summed E-state index contributed by atoms with van der Waals surface area (Å²) < 4.78 is 5.67. The molecule has 5 rings (SSSR count). The van der Waals surface area contributed by atoms with Crippen molar-refractivity contribution in [2.75, 3.05) is 30.8 Å². The zero-order valence-electron chi connectivity index (χ0n) is 21.3. The second-order valence-corrected chi connectivity index (χ2v) is 10.7. The number of benzene rings is 3. The molecule has 1 fully saturated rings. The quantitative estimate of drug-likeness (QED) is 0.378. The molecule has 0 bridgehead atoms. The van der Waals surface area contributed by atoms with Crippen molar-refractivity contribution >= 4 is 52.3 Å². The van der Waals surface area contributed by atoms with E-state index >= 15 is 0 Å². The first kappa shape index (κ1) is 26.8. The third-order valence-corrected chi connectivity index (χ3v) is 7.91. The van der Waals surface area contributed by atoms with Crippen molar-refractivity contribution in [2.24, 2.45) is 11.7 Å². The molecule has 202 valence electrons. The van der Waals surface area contributed by atoms with E-state index in [1.807, 2.05) is 18.2 Å². The molecular weight excluding hydrogens is 539 g/mol. The summed E-state index contributed by atoms with van der Waals surface area (Å²) in [4.78, 5) is 40.9. The molecule has 10 heteroatoms. The van der Waals surface area contributed by atoms with Crippen LogP contribution in [0.2, 0.25) is 10.0 Å². The summed E-state index contributed by atoms with van der Waals surface area (Å²) in [7, 11) is 1.51. The first-order valence-corrected chi connectivity index (χ1v) is 13.4. The summed E-state index contributed by atoms with van der Waals surface area (Å²) in [6.45, 7) is 0.803. The Morgan fingerprint density at radius 1 is 1.08 bits per heavy atom. The Bertz CT molecular complexity index is 1450. The van der Waals surface area contributed by atoms with Crippen LogP contribution in [0.25, 0.3) is 0 Å². The number of halogens is 2. The summed E-state index contributed by atoms with van der Waals surface area (Å²) in [5.74, 6) is -0.713. The van der Waals surface area contributed by atoms with E-state index < -0.39 is 5.54 Å². The van der Waals surface area contributed by atoms with E-state index in [2.05, 4.69) is 10.6 Å². The molecule has 2 aliphatic rings. The van der Waals surface area contributed by atoms with Crippen LogP contribution < -0.4 is 21.1 Å². The van der Waals surface area contributed by atoms with E-state index in [-0.39, 0.29) is 30.1 Å². The van der Waals surface area contributed by atoms with Crippen LogP contribution in [-0.4, -0.2) is 42.8 Å². The van der Waals surface area contributed by atoms with Crippen molar-refractivity contribution in [3.05, 3.63) is 87.4 Å². The first-order valence-electron chi connectivity index (χ1n) is 12.6. The molecule has 3 aromatic carbocycles. The van der Waals surface area contributed by atoms with Gasteiger partial charge in [-0.3, -0.25) is 14.4 Å². The highest BCUT2D eigenvalue weighted by Gasteiger charge is 2.48. The third kappa shape index (κ3) is 5.14. The van der Waals surface area contributed by atoms with Gasteiger partial charge in [0, 0.05) is 46.7 Å². The number of nitrogens with one attached hydrogen (secondary N) is 2. The molecule has 0 radical (unpaired) electrons. The number of methoxy groups -OCH3 is 1. The highest BCUT2D eigenvalue weighted by atomic mass is 35.5. The predicted molar refractivity (Wildman–Crippen MR) is 151 cm³/mol. The summed E-state index contributed by atoms with van der Waals surface area (Å²) in [6.07, 6.45) is 1.25. The van der Waals surface area contributed by atoms with Gasteiger partial charge in [-0.1, -0.05) is 47.5 Å². The molecule has 1 unspecified atom stereocenters. The molecule has 1 saturated heterocycles. The largest absolute Gasteiger partial charge is 0.495 e. The number of hydrogen-bond donors (Lipinski definition) is 3. The second-order valence-electron chi connectivity index (χ2n) is 9.83. The number of nitrogens with two attached hydrogens (primary N) is 1. The molecule has 0 spiro atoms. The number of nitrogens with zero attached hydrogens (tertiary/aromatic N) is 1. The van der Waals surface area contributed by atoms with Gasteiger partial charge in [-0.05, 0) is 54.8 Å². The first-order chi connectivity index (χ1) is 18.7. The van der Waals surface area contributed by atoms with Gasteiger partial charge in [-0.25, -0.2) is 0 Å². The van der Waals surface area contributed by atoms with Gasteiger partial charge in [0.05, 0.1) is 18.4 Å². The summed E-state index contributed by atoms with van der Waals surface area (Å²) >= 11 is 12.5. The Morgan fingerprint density at radius 2 is 1.79 bits per heavy atom. The molecule has 3 amide bonds. The molecule has 8 nitrogen and oxygen atoms in total. The van der Waals surface area contributed by atoms with Crippen LogP contribution in [0, 0.1) is 5.92 Å². The Hall–Kier alpha value is -3.75. The van der Waals surface area contributed by atoms with Crippen LogP contribution in [0.1, 0.15) is 34.3 Å². The minimum absolute atomic E-state index is 0.230. The minimum Gasteiger partial charge on any atom is -0.495 e. The van der Waals surface area contributed by atoms with Gasteiger partial charge in [0.2, 0.25) is 5.91 Å². The molecular formula is C29H28Cl2N4O4. The number of piperidine rings is 1.